The van der Waals surface area contributed by atoms with Gasteiger partial charge in [-0.05, 0) is 91.8 Å². The first-order valence-corrected chi connectivity index (χ1v) is 10.1. The second kappa shape index (κ2) is 8.04. The van der Waals surface area contributed by atoms with E-state index in [4.69, 9.17) is 4.74 Å². The molecule has 0 bridgehead atoms. The van der Waals surface area contributed by atoms with Gasteiger partial charge in [0.05, 0.1) is 6.61 Å². The number of benzene rings is 2. The molecule has 2 aromatic carbocycles. The fourth-order valence-electron chi connectivity index (χ4n) is 3.93. The van der Waals surface area contributed by atoms with E-state index in [9.17, 15) is 0 Å². The number of ether oxygens (including phenoxy) is 1. The Labute approximate surface area is 163 Å². The fourth-order valence-corrected chi connectivity index (χ4v) is 3.93. The molecule has 0 radical (unpaired) electrons. The minimum Gasteiger partial charge on any atom is -0.494 e. The van der Waals surface area contributed by atoms with Crippen molar-refractivity contribution in [3.05, 3.63) is 82.6 Å². The summed E-state index contributed by atoms with van der Waals surface area (Å²) in [7, 11) is 0. The molecule has 2 aromatic rings. The average Bonchev–Trinajstić information content (AvgIpc) is 2.65. The van der Waals surface area contributed by atoms with Crippen molar-refractivity contribution in [3.8, 4) is 5.75 Å². The van der Waals surface area contributed by atoms with Crippen LogP contribution in [-0.2, 0) is 12.8 Å². The second-order valence-electron chi connectivity index (χ2n) is 7.80. The Hall–Kier alpha value is -2.48. The lowest BCUT2D eigenvalue weighted by molar-refractivity contribution is 0.310. The quantitative estimate of drug-likeness (QED) is 0.601. The van der Waals surface area contributed by atoms with Crippen molar-refractivity contribution in [1.29, 1.82) is 0 Å². The van der Waals surface area contributed by atoms with Crippen LogP contribution in [0.5, 0.6) is 5.75 Å². The van der Waals surface area contributed by atoms with E-state index in [-0.39, 0.29) is 0 Å². The maximum absolute atomic E-state index is 6.04. The summed E-state index contributed by atoms with van der Waals surface area (Å²) in [4.78, 5) is 2.38. The SMILES string of the molecule is CC1=C(CN2C=CC2)CCc2cc(OCCCc3ccc(C)cc3)ccc21. The minimum absolute atomic E-state index is 0.772. The van der Waals surface area contributed by atoms with Crippen LogP contribution in [0.25, 0.3) is 5.57 Å². The van der Waals surface area contributed by atoms with E-state index >= 15 is 0 Å². The first kappa shape index (κ1) is 17.9. The monoisotopic (exact) mass is 359 g/mol. The highest BCUT2D eigenvalue weighted by Gasteiger charge is 2.18. The predicted molar refractivity (Wildman–Crippen MR) is 113 cm³/mol. The summed E-state index contributed by atoms with van der Waals surface area (Å²) in [6, 6.07) is 15.5. The van der Waals surface area contributed by atoms with Crippen molar-refractivity contribution in [3.63, 3.8) is 0 Å². The Morgan fingerprint density at radius 2 is 1.81 bits per heavy atom. The Balaban J connectivity index is 1.33. The third-order valence-corrected chi connectivity index (χ3v) is 5.76. The second-order valence-corrected chi connectivity index (χ2v) is 7.80. The first-order valence-electron chi connectivity index (χ1n) is 10.1. The molecule has 0 aromatic heterocycles. The molecule has 4 rings (SSSR count). The summed E-state index contributed by atoms with van der Waals surface area (Å²) in [5.74, 6) is 1.01. The smallest absolute Gasteiger partial charge is 0.119 e. The van der Waals surface area contributed by atoms with Crippen LogP contribution < -0.4 is 4.74 Å². The summed E-state index contributed by atoms with van der Waals surface area (Å²) in [6.07, 6.45) is 8.83. The lowest BCUT2D eigenvalue weighted by Gasteiger charge is -2.30. The zero-order chi connectivity index (χ0) is 18.6. The first-order chi connectivity index (χ1) is 13.2. The molecule has 1 aliphatic heterocycles. The highest BCUT2D eigenvalue weighted by molar-refractivity contribution is 5.72. The van der Waals surface area contributed by atoms with Crippen molar-refractivity contribution in [2.75, 3.05) is 19.7 Å². The zero-order valence-corrected chi connectivity index (χ0v) is 16.5. The van der Waals surface area contributed by atoms with Crippen LogP contribution in [0.1, 0.15) is 42.0 Å². The van der Waals surface area contributed by atoms with Gasteiger partial charge in [0.1, 0.15) is 5.75 Å². The van der Waals surface area contributed by atoms with E-state index < -0.39 is 0 Å². The number of rotatable bonds is 7. The highest BCUT2D eigenvalue weighted by atomic mass is 16.5. The van der Waals surface area contributed by atoms with Gasteiger partial charge in [0, 0.05) is 13.1 Å². The Morgan fingerprint density at radius 3 is 2.56 bits per heavy atom. The Kier molecular flexibility index (Phi) is 5.33. The molecule has 2 heteroatoms. The zero-order valence-electron chi connectivity index (χ0n) is 16.5. The number of aryl methyl sites for hydroxylation is 3. The van der Waals surface area contributed by atoms with E-state index in [0.29, 0.717) is 0 Å². The topological polar surface area (TPSA) is 12.5 Å². The molecule has 0 atom stereocenters. The van der Waals surface area contributed by atoms with Crippen LogP contribution in [0.2, 0.25) is 0 Å². The van der Waals surface area contributed by atoms with Gasteiger partial charge >= 0.3 is 0 Å². The van der Waals surface area contributed by atoms with Crippen molar-refractivity contribution in [2.24, 2.45) is 0 Å². The minimum atomic E-state index is 0.772. The molecule has 140 valence electrons. The van der Waals surface area contributed by atoms with E-state index in [2.05, 4.69) is 73.5 Å². The van der Waals surface area contributed by atoms with E-state index in [1.54, 1.807) is 5.57 Å². The van der Waals surface area contributed by atoms with Crippen LogP contribution in [0.15, 0.2) is 60.3 Å². The maximum atomic E-state index is 6.04. The molecule has 0 fully saturated rings. The molecule has 1 aliphatic carbocycles. The van der Waals surface area contributed by atoms with Crippen molar-refractivity contribution < 1.29 is 4.74 Å². The van der Waals surface area contributed by atoms with Gasteiger partial charge in [-0.2, -0.15) is 0 Å². The molecule has 0 unspecified atom stereocenters. The predicted octanol–water partition coefficient (Wildman–Crippen LogP) is 5.56. The molecular weight excluding hydrogens is 330 g/mol. The maximum Gasteiger partial charge on any atom is 0.119 e. The van der Waals surface area contributed by atoms with E-state index in [1.807, 2.05) is 0 Å². The van der Waals surface area contributed by atoms with Crippen LogP contribution in [0.4, 0.5) is 0 Å². The number of fused-ring (bicyclic) bond motifs is 1. The van der Waals surface area contributed by atoms with Crippen LogP contribution >= 0.6 is 0 Å². The van der Waals surface area contributed by atoms with E-state index in [1.165, 1.54) is 34.2 Å². The molecule has 2 nitrogen and oxygen atoms in total. The molecule has 0 N–H and O–H groups in total. The standard InChI is InChI=1S/C25H29NO/c1-19-6-8-21(9-7-19)5-3-16-27-24-12-13-25-20(2)23(11-10-22(25)17-24)18-26-14-4-15-26/h4,6-9,12-14,17H,3,5,10-11,15-16,18H2,1-2H3. The van der Waals surface area contributed by atoms with Crippen LogP contribution in [0.3, 0.4) is 0 Å². The summed E-state index contributed by atoms with van der Waals surface area (Å²) in [5, 5.41) is 0. The van der Waals surface area contributed by atoms with Crippen molar-refractivity contribution in [2.45, 2.75) is 39.5 Å². The van der Waals surface area contributed by atoms with Crippen molar-refractivity contribution in [1.82, 2.24) is 4.90 Å². The summed E-state index contributed by atoms with van der Waals surface area (Å²) < 4.78 is 6.04. The largest absolute Gasteiger partial charge is 0.494 e. The van der Waals surface area contributed by atoms with Gasteiger partial charge in [0.25, 0.3) is 0 Å². The number of hydrogen-bond donors (Lipinski definition) is 0. The van der Waals surface area contributed by atoms with Gasteiger partial charge in [-0.15, -0.1) is 0 Å². The van der Waals surface area contributed by atoms with Gasteiger partial charge in [0.15, 0.2) is 0 Å². The molecule has 0 saturated carbocycles. The van der Waals surface area contributed by atoms with Crippen LogP contribution in [0, 0.1) is 6.92 Å². The molecule has 0 amide bonds. The fraction of sp³-hybridized carbons (Fsp3) is 0.360. The summed E-state index contributed by atoms with van der Waals surface area (Å²) in [6.45, 7) is 7.36. The Morgan fingerprint density at radius 1 is 1.00 bits per heavy atom. The number of hydrogen-bond acceptors (Lipinski definition) is 2. The molecule has 0 spiro atoms. The lowest BCUT2D eigenvalue weighted by Crippen LogP contribution is -2.27. The lowest BCUT2D eigenvalue weighted by atomic mass is 9.86. The van der Waals surface area contributed by atoms with Gasteiger partial charge in [-0.25, -0.2) is 0 Å². The normalized spacial score (nSPS) is 15.6. The molecule has 0 saturated heterocycles. The molecule has 1 heterocycles. The van der Waals surface area contributed by atoms with Gasteiger partial charge < -0.3 is 9.64 Å². The van der Waals surface area contributed by atoms with Gasteiger partial charge in [-0.3, -0.25) is 0 Å². The molecule has 2 aliphatic rings. The molecular formula is C25H29NO. The van der Waals surface area contributed by atoms with Gasteiger partial charge in [-0.1, -0.05) is 35.9 Å². The average molecular weight is 360 g/mol. The number of allylic oxidation sites excluding steroid dienone is 1. The van der Waals surface area contributed by atoms with Crippen molar-refractivity contribution >= 4 is 5.57 Å². The van der Waals surface area contributed by atoms with Crippen LogP contribution in [-0.4, -0.2) is 24.6 Å². The highest BCUT2D eigenvalue weighted by Crippen LogP contribution is 2.34. The Bertz CT molecular complexity index is 860. The van der Waals surface area contributed by atoms with E-state index in [0.717, 1.165) is 44.7 Å². The van der Waals surface area contributed by atoms with Gasteiger partial charge in [0.2, 0.25) is 0 Å². The number of nitrogens with zero attached hydrogens (tertiary/aromatic N) is 1. The third-order valence-electron chi connectivity index (χ3n) is 5.76. The summed E-state index contributed by atoms with van der Waals surface area (Å²) >= 11 is 0. The summed E-state index contributed by atoms with van der Waals surface area (Å²) in [5.41, 5.74) is 8.60. The molecule has 27 heavy (non-hydrogen) atoms. The third kappa shape index (κ3) is 4.27.